The van der Waals surface area contributed by atoms with Gasteiger partial charge in [0.15, 0.2) is 0 Å². The fourth-order valence-electron chi connectivity index (χ4n) is 8.56. The van der Waals surface area contributed by atoms with Crippen LogP contribution in [0.2, 0.25) is 0 Å². The molecule has 1 aromatic heterocycles. The third-order valence-corrected chi connectivity index (χ3v) is 10.7. The quantitative estimate of drug-likeness (QED) is 0.469. The molecule has 0 amide bonds. The molecule has 192 valence electrons. The summed E-state index contributed by atoms with van der Waals surface area (Å²) in [5.74, 6) is -0.0477. The topological polar surface area (TPSA) is 95.6 Å². The maximum atomic E-state index is 14.0. The average Bonchev–Trinajstić information content (AvgIpc) is 3.35. The SMILES string of the molecule is C[C@]12Cc3cnn(-c4ccc(F)c(CO)c4)c3C=C1CC[C@@H]1[C@@H]2[C@@H](O)C[C@@]2(C)[C@H]1CC[C@]2(O)C(=O)S. The van der Waals surface area contributed by atoms with Gasteiger partial charge in [-0.15, -0.1) is 12.6 Å². The number of hydrogen-bond acceptors (Lipinski definition) is 5. The van der Waals surface area contributed by atoms with Crippen LogP contribution in [-0.2, 0) is 17.8 Å². The third-order valence-electron chi connectivity index (χ3n) is 10.4. The van der Waals surface area contributed by atoms with Gasteiger partial charge in [0.1, 0.15) is 11.4 Å². The zero-order valence-corrected chi connectivity index (χ0v) is 21.5. The van der Waals surface area contributed by atoms with E-state index in [4.69, 9.17) is 0 Å². The number of aliphatic hydroxyl groups is 3. The van der Waals surface area contributed by atoms with E-state index in [1.165, 1.54) is 11.6 Å². The second-order valence-electron chi connectivity index (χ2n) is 11.9. The molecule has 4 aliphatic carbocycles. The van der Waals surface area contributed by atoms with Crippen molar-refractivity contribution >= 4 is 23.8 Å². The van der Waals surface area contributed by atoms with E-state index in [1.54, 1.807) is 16.8 Å². The fourth-order valence-corrected chi connectivity index (χ4v) is 8.93. The van der Waals surface area contributed by atoms with E-state index in [2.05, 4.69) is 30.7 Å². The summed E-state index contributed by atoms with van der Waals surface area (Å²) in [7, 11) is 0. The summed E-state index contributed by atoms with van der Waals surface area (Å²) in [4.78, 5) is 12.4. The van der Waals surface area contributed by atoms with Crippen LogP contribution in [0.1, 0.15) is 62.8 Å². The first-order chi connectivity index (χ1) is 17.0. The largest absolute Gasteiger partial charge is 0.393 e. The Hall–Kier alpha value is -2.00. The summed E-state index contributed by atoms with van der Waals surface area (Å²) in [6, 6.07) is 4.65. The van der Waals surface area contributed by atoms with Gasteiger partial charge in [-0.2, -0.15) is 5.10 Å². The zero-order chi connectivity index (χ0) is 25.6. The van der Waals surface area contributed by atoms with Crippen LogP contribution in [0.25, 0.3) is 11.8 Å². The Balaban J connectivity index is 1.37. The van der Waals surface area contributed by atoms with Gasteiger partial charge in [0.05, 0.1) is 30.3 Å². The minimum Gasteiger partial charge on any atom is -0.393 e. The maximum absolute atomic E-state index is 14.0. The summed E-state index contributed by atoms with van der Waals surface area (Å²) in [5.41, 5.74) is 1.82. The number of hydrogen-bond donors (Lipinski definition) is 4. The summed E-state index contributed by atoms with van der Waals surface area (Å²) in [5, 5.41) is 36.6. The highest BCUT2D eigenvalue weighted by atomic mass is 32.1. The van der Waals surface area contributed by atoms with Crippen molar-refractivity contribution in [2.75, 3.05) is 0 Å². The van der Waals surface area contributed by atoms with Crippen molar-refractivity contribution in [3.63, 3.8) is 0 Å². The highest BCUT2D eigenvalue weighted by Gasteiger charge is 2.68. The van der Waals surface area contributed by atoms with E-state index in [1.807, 2.05) is 13.1 Å². The first-order valence-corrected chi connectivity index (χ1v) is 13.3. The molecule has 3 fully saturated rings. The molecule has 6 rings (SSSR count). The zero-order valence-electron chi connectivity index (χ0n) is 20.6. The second-order valence-corrected chi connectivity index (χ2v) is 12.3. The van der Waals surface area contributed by atoms with Crippen molar-refractivity contribution in [1.29, 1.82) is 0 Å². The van der Waals surface area contributed by atoms with Crippen molar-refractivity contribution in [2.45, 2.75) is 70.7 Å². The first kappa shape index (κ1) is 24.3. The number of aliphatic hydroxyl groups excluding tert-OH is 2. The summed E-state index contributed by atoms with van der Waals surface area (Å²) < 4.78 is 15.8. The van der Waals surface area contributed by atoms with E-state index in [0.717, 1.165) is 36.9 Å². The Morgan fingerprint density at radius 3 is 2.81 bits per heavy atom. The van der Waals surface area contributed by atoms with Crippen LogP contribution in [0.15, 0.2) is 30.0 Å². The molecular weight excluding hydrogens is 479 g/mol. The number of nitrogens with zero attached hydrogens (tertiary/aromatic N) is 2. The summed E-state index contributed by atoms with van der Waals surface area (Å²) in [6.07, 6.45) is 7.46. The molecule has 0 aliphatic heterocycles. The minimum atomic E-state index is -1.49. The molecule has 0 spiro atoms. The molecule has 1 heterocycles. The van der Waals surface area contributed by atoms with Crippen LogP contribution in [0.4, 0.5) is 4.39 Å². The fraction of sp³-hybridized carbons (Fsp3) is 0.571. The molecule has 1 aromatic carbocycles. The van der Waals surface area contributed by atoms with Crippen LogP contribution in [0.3, 0.4) is 0 Å². The van der Waals surface area contributed by atoms with E-state index in [9.17, 15) is 24.5 Å². The number of benzene rings is 1. The van der Waals surface area contributed by atoms with Gasteiger partial charge in [-0.1, -0.05) is 19.4 Å². The lowest BCUT2D eigenvalue weighted by Gasteiger charge is -2.60. The molecule has 7 atom stereocenters. The van der Waals surface area contributed by atoms with Crippen LogP contribution in [-0.4, -0.2) is 41.9 Å². The third kappa shape index (κ3) is 3.08. The van der Waals surface area contributed by atoms with E-state index < -0.39 is 28.1 Å². The number of carbonyl (C=O) groups excluding carboxylic acids is 1. The highest BCUT2D eigenvalue weighted by molar-refractivity contribution is 7.96. The number of halogens is 1. The Kier molecular flexibility index (Phi) is 5.41. The van der Waals surface area contributed by atoms with Crippen LogP contribution in [0.5, 0.6) is 0 Å². The second kappa shape index (κ2) is 8.00. The van der Waals surface area contributed by atoms with Crippen molar-refractivity contribution in [2.24, 2.45) is 28.6 Å². The van der Waals surface area contributed by atoms with E-state index in [-0.39, 0.29) is 35.3 Å². The van der Waals surface area contributed by atoms with Crippen LogP contribution >= 0.6 is 12.6 Å². The molecular formula is C28H33FN2O4S. The van der Waals surface area contributed by atoms with Crippen molar-refractivity contribution in [1.82, 2.24) is 9.78 Å². The van der Waals surface area contributed by atoms with Gasteiger partial charge in [-0.3, -0.25) is 4.79 Å². The monoisotopic (exact) mass is 512 g/mol. The van der Waals surface area contributed by atoms with E-state index >= 15 is 0 Å². The molecule has 2 aromatic rings. The predicted octanol–water partition coefficient (Wildman–Crippen LogP) is 3.84. The van der Waals surface area contributed by atoms with Crippen molar-refractivity contribution in [3.05, 3.63) is 52.6 Å². The number of thiol groups is 1. The smallest absolute Gasteiger partial charge is 0.218 e. The van der Waals surface area contributed by atoms with Gasteiger partial charge in [0.2, 0.25) is 5.12 Å². The molecule has 0 unspecified atom stereocenters. The molecule has 0 radical (unpaired) electrons. The molecule has 0 saturated heterocycles. The minimum absolute atomic E-state index is 0.0243. The van der Waals surface area contributed by atoms with Gasteiger partial charge < -0.3 is 15.3 Å². The number of carbonyl (C=O) groups is 1. The molecule has 0 bridgehead atoms. The lowest BCUT2D eigenvalue weighted by Crippen LogP contribution is -2.61. The molecule has 8 heteroatoms. The Bertz CT molecular complexity index is 1290. The van der Waals surface area contributed by atoms with Gasteiger partial charge in [0.25, 0.3) is 0 Å². The molecule has 3 saturated carbocycles. The molecule has 4 aliphatic rings. The lowest BCUT2D eigenvalue weighted by atomic mass is 9.45. The Morgan fingerprint density at radius 2 is 2.08 bits per heavy atom. The van der Waals surface area contributed by atoms with Crippen molar-refractivity contribution < 1.29 is 24.5 Å². The van der Waals surface area contributed by atoms with Gasteiger partial charge in [0, 0.05) is 11.0 Å². The average molecular weight is 513 g/mol. The number of aromatic nitrogens is 2. The normalized spacial score (nSPS) is 39.0. The van der Waals surface area contributed by atoms with Gasteiger partial charge in [-0.05, 0) is 91.5 Å². The Morgan fingerprint density at radius 1 is 1.31 bits per heavy atom. The number of allylic oxidation sites excluding steroid dienone is 1. The molecule has 3 N–H and O–H groups in total. The first-order valence-electron chi connectivity index (χ1n) is 12.8. The lowest BCUT2D eigenvalue weighted by molar-refractivity contribution is -0.173. The molecule has 6 nitrogen and oxygen atoms in total. The summed E-state index contributed by atoms with van der Waals surface area (Å²) in [6.45, 7) is 3.84. The van der Waals surface area contributed by atoms with Crippen LogP contribution in [0, 0.1) is 34.4 Å². The Labute approximate surface area is 215 Å². The number of rotatable bonds is 3. The maximum Gasteiger partial charge on any atom is 0.218 e. The van der Waals surface area contributed by atoms with Crippen LogP contribution < -0.4 is 0 Å². The van der Waals surface area contributed by atoms with Gasteiger partial charge in [-0.25, -0.2) is 9.07 Å². The summed E-state index contributed by atoms with van der Waals surface area (Å²) >= 11 is 4.05. The molecule has 36 heavy (non-hydrogen) atoms. The number of fused-ring (bicyclic) bond motifs is 6. The highest BCUT2D eigenvalue weighted by Crippen LogP contribution is 2.67. The van der Waals surface area contributed by atoms with Crippen molar-refractivity contribution in [3.8, 4) is 5.69 Å². The standard InChI is InChI=1S/C28H33FN2O4S/c1-26-11-16-13-30-31(18-4-6-21(29)15(9-18)14-32)22(16)10-17(26)3-5-19-20-7-8-28(35,25(34)36)27(20,2)12-23(33)24(19)26/h4,6,9-10,13,19-20,23-24,32-33,35H,3,5,7-8,11-12,14H2,1-2H3,(H,34,36)/t19-,20-,23-,24+,26-,27-,28-/m0/s1. The predicted molar refractivity (Wildman–Crippen MR) is 136 cm³/mol. The van der Waals surface area contributed by atoms with E-state index in [0.29, 0.717) is 18.5 Å². The van der Waals surface area contributed by atoms with Gasteiger partial charge >= 0.3 is 0 Å².